The van der Waals surface area contributed by atoms with Crippen molar-refractivity contribution in [3.05, 3.63) is 0 Å². The fraction of sp³-hybridized carbons (Fsp3) is 1.00. The Morgan fingerprint density at radius 1 is 1.25 bits per heavy atom. The first-order valence-corrected chi connectivity index (χ1v) is 7.49. The molecule has 1 aliphatic carbocycles. The molecule has 1 fully saturated rings. The lowest BCUT2D eigenvalue weighted by atomic mass is 10.3. The minimum atomic E-state index is -3.10. The lowest BCUT2D eigenvalue weighted by Gasteiger charge is -2.06. The van der Waals surface area contributed by atoms with Crippen LogP contribution < -0.4 is 10.0 Å². The van der Waals surface area contributed by atoms with Gasteiger partial charge in [-0.15, -0.1) is 0 Å². The molecule has 16 heavy (non-hydrogen) atoms. The molecule has 0 aliphatic heterocycles. The summed E-state index contributed by atoms with van der Waals surface area (Å²) in [6.07, 6.45) is 4.18. The van der Waals surface area contributed by atoms with E-state index in [0.717, 1.165) is 13.0 Å². The summed E-state index contributed by atoms with van der Waals surface area (Å²) in [5, 5.41) is 3.36. The second-order valence-electron chi connectivity index (χ2n) is 4.14. The maximum atomic E-state index is 11.4. The van der Waals surface area contributed by atoms with Crippen LogP contribution in [0.25, 0.3) is 0 Å². The molecule has 1 aliphatic rings. The van der Waals surface area contributed by atoms with Crippen LogP contribution in [0.2, 0.25) is 0 Å². The molecule has 0 atom stereocenters. The van der Waals surface area contributed by atoms with Gasteiger partial charge in [-0.1, -0.05) is 0 Å². The van der Waals surface area contributed by atoms with Gasteiger partial charge in [-0.3, -0.25) is 0 Å². The summed E-state index contributed by atoms with van der Waals surface area (Å²) < 4.78 is 30.1. The molecule has 0 unspecified atom stereocenters. The number of sulfonamides is 1. The van der Waals surface area contributed by atoms with Gasteiger partial charge in [-0.05, 0) is 32.2 Å². The molecular formula is C10H22N2O3S. The Morgan fingerprint density at radius 3 is 2.62 bits per heavy atom. The van der Waals surface area contributed by atoms with E-state index in [1.165, 1.54) is 12.8 Å². The molecule has 0 amide bonds. The van der Waals surface area contributed by atoms with E-state index < -0.39 is 10.0 Å². The first-order valence-electron chi connectivity index (χ1n) is 5.84. The van der Waals surface area contributed by atoms with Crippen molar-refractivity contribution in [2.45, 2.75) is 31.7 Å². The van der Waals surface area contributed by atoms with E-state index in [0.29, 0.717) is 25.6 Å². The van der Waals surface area contributed by atoms with E-state index in [1.807, 2.05) is 0 Å². The van der Waals surface area contributed by atoms with E-state index >= 15 is 0 Å². The van der Waals surface area contributed by atoms with Gasteiger partial charge >= 0.3 is 0 Å². The second kappa shape index (κ2) is 7.21. The summed E-state index contributed by atoms with van der Waals surface area (Å²) in [5.74, 6) is 0.211. The van der Waals surface area contributed by atoms with Crippen LogP contribution >= 0.6 is 0 Å². The Morgan fingerprint density at radius 2 is 2.00 bits per heavy atom. The summed E-state index contributed by atoms with van der Waals surface area (Å²) in [6, 6.07) is 0.705. The maximum absolute atomic E-state index is 11.4. The van der Waals surface area contributed by atoms with E-state index in [9.17, 15) is 8.42 Å². The standard InChI is InChI=1S/C10H22N2O3S/c1-15-8-7-12-16(13,14)9-3-2-6-11-10-4-5-10/h10-12H,2-9H2,1H3. The van der Waals surface area contributed by atoms with Crippen molar-refractivity contribution in [2.24, 2.45) is 0 Å². The van der Waals surface area contributed by atoms with Crippen LogP contribution in [0.1, 0.15) is 25.7 Å². The maximum Gasteiger partial charge on any atom is 0.211 e. The van der Waals surface area contributed by atoms with Gasteiger partial charge in [-0.25, -0.2) is 13.1 Å². The lowest BCUT2D eigenvalue weighted by Crippen LogP contribution is -2.29. The first kappa shape index (κ1) is 13.9. The second-order valence-corrected chi connectivity index (χ2v) is 6.07. The van der Waals surface area contributed by atoms with Crippen LogP contribution in [-0.4, -0.2) is 47.0 Å². The number of ether oxygens (including phenoxy) is 1. The summed E-state index contributed by atoms with van der Waals surface area (Å²) in [6.45, 7) is 1.71. The number of methoxy groups -OCH3 is 1. The molecule has 0 bridgehead atoms. The highest BCUT2D eigenvalue weighted by Gasteiger charge is 2.19. The summed E-state index contributed by atoms with van der Waals surface area (Å²) >= 11 is 0. The van der Waals surface area contributed by atoms with Gasteiger partial charge in [0.05, 0.1) is 12.4 Å². The van der Waals surface area contributed by atoms with Gasteiger partial charge in [0.2, 0.25) is 10.0 Å². The molecular weight excluding hydrogens is 228 g/mol. The normalized spacial score (nSPS) is 16.6. The number of nitrogens with one attached hydrogen (secondary N) is 2. The molecule has 2 N–H and O–H groups in total. The molecule has 0 aromatic heterocycles. The van der Waals surface area contributed by atoms with Gasteiger partial charge in [0.1, 0.15) is 0 Å². The molecule has 6 heteroatoms. The number of rotatable bonds is 10. The van der Waals surface area contributed by atoms with E-state index in [2.05, 4.69) is 10.0 Å². The van der Waals surface area contributed by atoms with Crippen molar-refractivity contribution in [1.29, 1.82) is 0 Å². The van der Waals surface area contributed by atoms with Gasteiger partial charge < -0.3 is 10.1 Å². The molecule has 5 nitrogen and oxygen atoms in total. The zero-order chi connectivity index (χ0) is 11.9. The average molecular weight is 250 g/mol. The fourth-order valence-electron chi connectivity index (χ4n) is 1.38. The predicted molar refractivity (Wildman–Crippen MR) is 63.9 cm³/mol. The monoisotopic (exact) mass is 250 g/mol. The van der Waals surface area contributed by atoms with Crippen LogP contribution in [0.3, 0.4) is 0 Å². The molecule has 0 aromatic carbocycles. The van der Waals surface area contributed by atoms with Crippen molar-refractivity contribution in [2.75, 3.05) is 32.6 Å². The quantitative estimate of drug-likeness (QED) is 0.539. The van der Waals surface area contributed by atoms with Crippen LogP contribution in [0.4, 0.5) is 0 Å². The minimum absolute atomic E-state index is 0.211. The van der Waals surface area contributed by atoms with Crippen molar-refractivity contribution >= 4 is 10.0 Å². The molecule has 1 saturated carbocycles. The smallest absolute Gasteiger partial charge is 0.211 e. The van der Waals surface area contributed by atoms with Crippen molar-refractivity contribution in [3.8, 4) is 0 Å². The zero-order valence-corrected chi connectivity index (χ0v) is 10.7. The van der Waals surface area contributed by atoms with Crippen LogP contribution in [0.15, 0.2) is 0 Å². The van der Waals surface area contributed by atoms with Crippen molar-refractivity contribution in [3.63, 3.8) is 0 Å². The third-order valence-electron chi connectivity index (χ3n) is 2.48. The van der Waals surface area contributed by atoms with Crippen LogP contribution in [0, 0.1) is 0 Å². The summed E-state index contributed by atoms with van der Waals surface area (Å²) in [7, 11) is -1.54. The highest BCUT2D eigenvalue weighted by Crippen LogP contribution is 2.18. The molecule has 0 spiro atoms. The van der Waals surface area contributed by atoms with Crippen molar-refractivity contribution in [1.82, 2.24) is 10.0 Å². The Labute approximate surface area is 98.0 Å². The molecule has 1 rings (SSSR count). The number of hydrogen-bond acceptors (Lipinski definition) is 4. The van der Waals surface area contributed by atoms with Crippen molar-refractivity contribution < 1.29 is 13.2 Å². The average Bonchev–Trinajstić information content (AvgIpc) is 3.01. The minimum Gasteiger partial charge on any atom is -0.383 e. The first-order chi connectivity index (χ1) is 7.64. The molecule has 0 radical (unpaired) electrons. The predicted octanol–water partition coefficient (Wildman–Crippen LogP) is 0.0844. The fourth-order valence-corrected chi connectivity index (χ4v) is 2.50. The third kappa shape index (κ3) is 7.16. The molecule has 0 heterocycles. The highest BCUT2D eigenvalue weighted by atomic mass is 32.2. The van der Waals surface area contributed by atoms with E-state index in [-0.39, 0.29) is 5.75 Å². The Hall–Kier alpha value is -0.170. The molecule has 0 saturated heterocycles. The number of unbranched alkanes of at least 4 members (excludes halogenated alkanes) is 1. The van der Waals surface area contributed by atoms with Gasteiger partial charge in [0, 0.05) is 19.7 Å². The van der Waals surface area contributed by atoms with Gasteiger partial charge in [0.25, 0.3) is 0 Å². The summed E-state index contributed by atoms with van der Waals surface area (Å²) in [5.41, 5.74) is 0. The van der Waals surface area contributed by atoms with Gasteiger partial charge in [0.15, 0.2) is 0 Å². The van der Waals surface area contributed by atoms with E-state index in [4.69, 9.17) is 4.74 Å². The number of hydrogen-bond donors (Lipinski definition) is 2. The van der Waals surface area contributed by atoms with E-state index in [1.54, 1.807) is 7.11 Å². The topological polar surface area (TPSA) is 67.4 Å². The Kier molecular flexibility index (Phi) is 6.26. The summed E-state index contributed by atoms with van der Waals surface area (Å²) in [4.78, 5) is 0. The molecule has 96 valence electrons. The Bertz CT molecular complexity index is 276. The van der Waals surface area contributed by atoms with Gasteiger partial charge in [-0.2, -0.15) is 0 Å². The SMILES string of the molecule is COCCNS(=O)(=O)CCCCNC1CC1. The van der Waals surface area contributed by atoms with Crippen LogP contribution in [0.5, 0.6) is 0 Å². The lowest BCUT2D eigenvalue weighted by molar-refractivity contribution is 0.204. The zero-order valence-electron chi connectivity index (χ0n) is 9.87. The largest absolute Gasteiger partial charge is 0.383 e. The highest BCUT2D eigenvalue weighted by molar-refractivity contribution is 7.89. The third-order valence-corrected chi connectivity index (χ3v) is 3.95. The Balaban J connectivity index is 1.96. The van der Waals surface area contributed by atoms with Crippen LogP contribution in [-0.2, 0) is 14.8 Å². The molecule has 0 aromatic rings.